The molecular weight excluding hydrogens is 364 g/mol. The molecular formula is C21H26O7. The van der Waals surface area contributed by atoms with Gasteiger partial charge in [-0.25, -0.2) is 0 Å². The van der Waals surface area contributed by atoms with Crippen molar-refractivity contribution in [1.82, 2.24) is 0 Å². The topological polar surface area (TPSA) is 109 Å². The standard InChI is InChI=1S/C21H26O7/c1-26-16-7-11(4-5-15(16)24)18-14(10-23)13(9-22)6-12-8-17(27-2)20(25)21(28-3)19(12)18/h4-5,7-8,13-14,18,22-25H,6,9-10H2,1-3H3/t13-,14-,18+/m1/s1. The van der Waals surface area contributed by atoms with Gasteiger partial charge in [-0.15, -0.1) is 0 Å². The van der Waals surface area contributed by atoms with Gasteiger partial charge in [0.05, 0.1) is 21.3 Å². The van der Waals surface area contributed by atoms with Crippen LogP contribution in [0.15, 0.2) is 24.3 Å². The van der Waals surface area contributed by atoms with E-state index in [1.165, 1.54) is 27.4 Å². The molecule has 3 rings (SSSR count). The predicted molar refractivity (Wildman–Crippen MR) is 103 cm³/mol. The van der Waals surface area contributed by atoms with E-state index in [9.17, 15) is 20.4 Å². The Labute approximate surface area is 163 Å². The minimum atomic E-state index is -0.382. The van der Waals surface area contributed by atoms with Gasteiger partial charge in [0.2, 0.25) is 5.75 Å². The lowest BCUT2D eigenvalue weighted by Gasteiger charge is -2.39. The zero-order chi connectivity index (χ0) is 20.4. The maximum absolute atomic E-state index is 10.6. The summed E-state index contributed by atoms with van der Waals surface area (Å²) in [4.78, 5) is 0. The first-order chi connectivity index (χ1) is 13.5. The lowest BCUT2D eigenvalue weighted by Crippen LogP contribution is -2.35. The van der Waals surface area contributed by atoms with Crippen LogP contribution in [0.3, 0.4) is 0 Å². The minimum absolute atomic E-state index is 0.00563. The van der Waals surface area contributed by atoms with E-state index in [1.807, 2.05) is 0 Å². The fourth-order valence-corrected chi connectivity index (χ4v) is 4.24. The predicted octanol–water partition coefficient (Wildman–Crippen LogP) is 2.03. The maximum Gasteiger partial charge on any atom is 0.201 e. The van der Waals surface area contributed by atoms with Crippen LogP contribution in [0, 0.1) is 11.8 Å². The molecule has 1 aliphatic carbocycles. The number of ether oxygens (including phenoxy) is 3. The van der Waals surface area contributed by atoms with Gasteiger partial charge in [-0.1, -0.05) is 6.07 Å². The second kappa shape index (κ2) is 8.16. The first-order valence-electron chi connectivity index (χ1n) is 9.05. The lowest BCUT2D eigenvalue weighted by molar-refractivity contribution is 0.1000. The molecule has 2 aromatic rings. The number of phenols is 2. The SMILES string of the molecule is COc1cc([C@@H]2c3c(cc(OC)c(O)c3OC)C[C@H](CO)[C@H]2CO)ccc1O. The third-order valence-corrected chi connectivity index (χ3v) is 5.60. The molecule has 7 nitrogen and oxygen atoms in total. The molecule has 0 amide bonds. The average Bonchev–Trinajstić information content (AvgIpc) is 2.72. The Morgan fingerprint density at radius 3 is 2.21 bits per heavy atom. The lowest BCUT2D eigenvalue weighted by atomic mass is 9.66. The van der Waals surface area contributed by atoms with Crippen molar-refractivity contribution in [3.8, 4) is 28.7 Å². The molecule has 2 aromatic carbocycles. The highest BCUT2D eigenvalue weighted by atomic mass is 16.5. The van der Waals surface area contributed by atoms with Gasteiger partial charge in [-0.05, 0) is 47.6 Å². The van der Waals surface area contributed by atoms with Crippen molar-refractivity contribution in [2.75, 3.05) is 34.5 Å². The van der Waals surface area contributed by atoms with Crippen molar-refractivity contribution in [2.45, 2.75) is 12.3 Å². The molecule has 0 heterocycles. The Balaban J connectivity index is 2.29. The average molecular weight is 390 g/mol. The minimum Gasteiger partial charge on any atom is -0.504 e. The smallest absolute Gasteiger partial charge is 0.201 e. The number of aromatic hydroxyl groups is 2. The number of benzene rings is 2. The number of rotatable bonds is 6. The molecule has 0 fully saturated rings. The van der Waals surface area contributed by atoms with Gasteiger partial charge in [-0.2, -0.15) is 0 Å². The van der Waals surface area contributed by atoms with E-state index in [1.54, 1.807) is 18.2 Å². The first kappa shape index (κ1) is 20.1. The van der Waals surface area contributed by atoms with E-state index in [0.717, 1.165) is 16.7 Å². The van der Waals surface area contributed by atoms with Crippen LogP contribution in [0.2, 0.25) is 0 Å². The van der Waals surface area contributed by atoms with Crippen LogP contribution in [0.5, 0.6) is 28.7 Å². The highest BCUT2D eigenvalue weighted by Crippen LogP contribution is 2.53. The number of phenolic OH excluding ortho intramolecular Hbond substituents is 2. The van der Waals surface area contributed by atoms with Crippen LogP contribution >= 0.6 is 0 Å². The Morgan fingerprint density at radius 1 is 0.929 bits per heavy atom. The van der Waals surface area contributed by atoms with Gasteiger partial charge in [0, 0.05) is 24.7 Å². The molecule has 0 aliphatic heterocycles. The molecule has 0 aromatic heterocycles. The number of methoxy groups -OCH3 is 3. The number of fused-ring (bicyclic) bond motifs is 1. The van der Waals surface area contributed by atoms with Gasteiger partial charge in [0.25, 0.3) is 0 Å². The van der Waals surface area contributed by atoms with Crippen molar-refractivity contribution >= 4 is 0 Å². The van der Waals surface area contributed by atoms with Crippen LogP contribution in [0.4, 0.5) is 0 Å². The summed E-state index contributed by atoms with van der Waals surface area (Å²) in [5.41, 5.74) is 2.38. The van der Waals surface area contributed by atoms with Gasteiger partial charge in [0.15, 0.2) is 23.0 Å². The largest absolute Gasteiger partial charge is 0.504 e. The summed E-state index contributed by atoms with van der Waals surface area (Å²) in [6.07, 6.45) is 0.510. The van der Waals surface area contributed by atoms with Crippen LogP contribution in [0.1, 0.15) is 22.6 Å². The van der Waals surface area contributed by atoms with E-state index in [0.29, 0.717) is 12.2 Å². The summed E-state index contributed by atoms with van der Waals surface area (Å²) in [6, 6.07) is 6.72. The molecule has 152 valence electrons. The van der Waals surface area contributed by atoms with Gasteiger partial charge < -0.3 is 34.6 Å². The molecule has 0 saturated carbocycles. The molecule has 0 radical (unpaired) electrons. The maximum atomic E-state index is 10.6. The summed E-state index contributed by atoms with van der Waals surface area (Å²) in [5.74, 6) is -0.122. The van der Waals surface area contributed by atoms with Gasteiger partial charge in [0.1, 0.15) is 0 Å². The van der Waals surface area contributed by atoms with Gasteiger partial charge in [-0.3, -0.25) is 0 Å². The molecule has 0 spiro atoms. The summed E-state index contributed by atoms with van der Waals surface area (Å²) < 4.78 is 16.0. The number of aliphatic hydroxyl groups excluding tert-OH is 2. The summed E-state index contributed by atoms with van der Waals surface area (Å²) in [5, 5.41) is 40.7. The summed E-state index contributed by atoms with van der Waals surface area (Å²) >= 11 is 0. The Hall–Kier alpha value is -2.64. The van der Waals surface area contributed by atoms with Crippen LogP contribution in [0.25, 0.3) is 0 Å². The van der Waals surface area contributed by atoms with Crippen LogP contribution in [-0.2, 0) is 6.42 Å². The molecule has 28 heavy (non-hydrogen) atoms. The summed E-state index contributed by atoms with van der Waals surface area (Å²) in [7, 11) is 4.40. The Morgan fingerprint density at radius 2 is 1.64 bits per heavy atom. The fourth-order valence-electron chi connectivity index (χ4n) is 4.24. The second-order valence-corrected chi connectivity index (χ2v) is 6.94. The van der Waals surface area contributed by atoms with Crippen molar-refractivity contribution in [3.05, 3.63) is 41.0 Å². The zero-order valence-electron chi connectivity index (χ0n) is 16.2. The number of aliphatic hydroxyl groups is 2. The van der Waals surface area contributed by atoms with Crippen LogP contribution in [-0.4, -0.2) is 55.0 Å². The Kier molecular flexibility index (Phi) is 5.86. The quantitative estimate of drug-likeness (QED) is 0.598. The Bertz CT molecular complexity index is 849. The van der Waals surface area contributed by atoms with E-state index in [2.05, 4.69) is 0 Å². The molecule has 7 heteroatoms. The highest BCUT2D eigenvalue weighted by molar-refractivity contribution is 5.62. The van der Waals surface area contributed by atoms with Crippen molar-refractivity contribution in [3.63, 3.8) is 0 Å². The molecule has 1 aliphatic rings. The van der Waals surface area contributed by atoms with Crippen LogP contribution < -0.4 is 14.2 Å². The first-order valence-corrected chi connectivity index (χ1v) is 9.05. The third-order valence-electron chi connectivity index (χ3n) is 5.60. The molecule has 0 unspecified atom stereocenters. The summed E-state index contributed by atoms with van der Waals surface area (Å²) in [6.45, 7) is -0.254. The van der Waals surface area contributed by atoms with E-state index >= 15 is 0 Å². The van der Waals surface area contributed by atoms with E-state index < -0.39 is 0 Å². The second-order valence-electron chi connectivity index (χ2n) is 6.94. The van der Waals surface area contributed by atoms with E-state index in [4.69, 9.17) is 14.2 Å². The van der Waals surface area contributed by atoms with Crippen molar-refractivity contribution in [2.24, 2.45) is 11.8 Å². The van der Waals surface area contributed by atoms with Crippen molar-refractivity contribution < 1.29 is 34.6 Å². The highest BCUT2D eigenvalue weighted by Gasteiger charge is 2.40. The fraction of sp³-hybridized carbons (Fsp3) is 0.429. The molecule has 3 atom stereocenters. The molecule has 0 bridgehead atoms. The monoisotopic (exact) mass is 390 g/mol. The van der Waals surface area contributed by atoms with E-state index in [-0.39, 0.29) is 54.0 Å². The molecule has 4 N–H and O–H groups in total. The van der Waals surface area contributed by atoms with Gasteiger partial charge >= 0.3 is 0 Å². The normalized spacial score (nSPS) is 21.1. The number of hydrogen-bond acceptors (Lipinski definition) is 7. The van der Waals surface area contributed by atoms with Crippen molar-refractivity contribution in [1.29, 1.82) is 0 Å². The third kappa shape index (κ3) is 3.21. The zero-order valence-corrected chi connectivity index (χ0v) is 16.2. The molecule has 0 saturated heterocycles. The number of hydrogen-bond donors (Lipinski definition) is 4.